The van der Waals surface area contributed by atoms with Crippen LogP contribution in [0.3, 0.4) is 0 Å². The third-order valence-electron chi connectivity index (χ3n) is 4.88. The van der Waals surface area contributed by atoms with Crippen LogP contribution >= 0.6 is 0 Å². The quantitative estimate of drug-likeness (QED) is 0.605. The van der Waals surface area contributed by atoms with Gasteiger partial charge in [0.2, 0.25) is 0 Å². The van der Waals surface area contributed by atoms with Crippen molar-refractivity contribution in [3.05, 3.63) is 70.3 Å². The molecular weight excluding hydrogens is 326 g/mol. The SMILES string of the molecule is CC(C)(C#N)c1ccc(C(=O)OCC(=O)c2ccc3c(c2)CCC3)cc1. The monoisotopic (exact) mass is 347 g/mol. The van der Waals surface area contributed by atoms with Crippen molar-refractivity contribution in [2.45, 2.75) is 38.5 Å². The third kappa shape index (κ3) is 3.67. The van der Waals surface area contributed by atoms with Crippen LogP contribution in [0.25, 0.3) is 0 Å². The van der Waals surface area contributed by atoms with Crippen molar-refractivity contribution in [1.29, 1.82) is 5.26 Å². The zero-order chi connectivity index (χ0) is 18.7. The fourth-order valence-corrected chi connectivity index (χ4v) is 3.13. The molecule has 0 heterocycles. The fraction of sp³-hybridized carbons (Fsp3) is 0.318. The summed E-state index contributed by atoms with van der Waals surface area (Å²) in [5, 5.41) is 9.16. The van der Waals surface area contributed by atoms with Crippen molar-refractivity contribution in [3.8, 4) is 6.07 Å². The van der Waals surface area contributed by atoms with Crippen LogP contribution in [-0.4, -0.2) is 18.4 Å². The molecule has 4 nitrogen and oxygen atoms in total. The van der Waals surface area contributed by atoms with Crippen LogP contribution in [0, 0.1) is 11.3 Å². The molecule has 0 N–H and O–H groups in total. The van der Waals surface area contributed by atoms with Gasteiger partial charge in [0.1, 0.15) is 0 Å². The Kier molecular flexibility index (Phi) is 4.90. The summed E-state index contributed by atoms with van der Waals surface area (Å²) in [5.41, 5.74) is 3.68. The van der Waals surface area contributed by atoms with E-state index in [1.807, 2.05) is 26.0 Å². The van der Waals surface area contributed by atoms with Gasteiger partial charge in [-0.15, -0.1) is 0 Å². The zero-order valence-corrected chi connectivity index (χ0v) is 15.0. The first kappa shape index (κ1) is 17.9. The summed E-state index contributed by atoms with van der Waals surface area (Å²) in [6.07, 6.45) is 3.19. The fourth-order valence-electron chi connectivity index (χ4n) is 3.13. The van der Waals surface area contributed by atoms with Crippen LogP contribution in [0.5, 0.6) is 0 Å². The molecule has 26 heavy (non-hydrogen) atoms. The minimum absolute atomic E-state index is 0.199. The van der Waals surface area contributed by atoms with E-state index >= 15 is 0 Å². The van der Waals surface area contributed by atoms with Crippen molar-refractivity contribution in [1.82, 2.24) is 0 Å². The number of esters is 1. The maximum atomic E-state index is 12.3. The van der Waals surface area contributed by atoms with E-state index in [9.17, 15) is 9.59 Å². The summed E-state index contributed by atoms with van der Waals surface area (Å²) in [6.45, 7) is 3.36. The van der Waals surface area contributed by atoms with Gasteiger partial charge in [-0.05, 0) is 68.0 Å². The number of rotatable bonds is 5. The maximum absolute atomic E-state index is 12.3. The molecule has 0 aromatic heterocycles. The molecular formula is C22H21NO3. The molecule has 1 aliphatic carbocycles. The molecule has 4 heteroatoms. The lowest BCUT2D eigenvalue weighted by atomic mass is 9.86. The second kappa shape index (κ2) is 7.13. The van der Waals surface area contributed by atoms with E-state index in [4.69, 9.17) is 10.00 Å². The van der Waals surface area contributed by atoms with Gasteiger partial charge in [-0.1, -0.05) is 24.3 Å². The topological polar surface area (TPSA) is 67.2 Å². The van der Waals surface area contributed by atoms with E-state index in [1.165, 1.54) is 11.1 Å². The van der Waals surface area contributed by atoms with Crippen LogP contribution in [0.2, 0.25) is 0 Å². The van der Waals surface area contributed by atoms with Crippen LogP contribution in [0.1, 0.15) is 57.7 Å². The molecule has 3 rings (SSSR count). The maximum Gasteiger partial charge on any atom is 0.338 e. The van der Waals surface area contributed by atoms with E-state index in [2.05, 4.69) is 6.07 Å². The van der Waals surface area contributed by atoms with Crippen molar-refractivity contribution in [2.75, 3.05) is 6.61 Å². The predicted octanol–water partition coefficient (Wildman–Crippen LogP) is 4.02. The molecule has 0 bridgehead atoms. The number of carbonyl (C=O) groups excluding carboxylic acids is 2. The Morgan fingerprint density at radius 2 is 1.69 bits per heavy atom. The summed E-state index contributed by atoms with van der Waals surface area (Å²) in [7, 11) is 0. The first-order chi connectivity index (χ1) is 12.4. The number of nitrogens with zero attached hydrogens (tertiary/aromatic N) is 1. The number of aryl methyl sites for hydroxylation is 2. The van der Waals surface area contributed by atoms with Gasteiger partial charge in [0, 0.05) is 5.56 Å². The first-order valence-electron chi connectivity index (χ1n) is 8.74. The van der Waals surface area contributed by atoms with Crippen LogP contribution in [0.15, 0.2) is 42.5 Å². The summed E-state index contributed by atoms with van der Waals surface area (Å²) in [6, 6.07) is 14.7. The zero-order valence-electron chi connectivity index (χ0n) is 15.0. The van der Waals surface area contributed by atoms with Gasteiger partial charge in [-0.2, -0.15) is 5.26 Å². The predicted molar refractivity (Wildman–Crippen MR) is 98.2 cm³/mol. The number of benzene rings is 2. The molecule has 0 atom stereocenters. The Morgan fingerprint density at radius 3 is 2.38 bits per heavy atom. The third-order valence-corrected chi connectivity index (χ3v) is 4.88. The lowest BCUT2D eigenvalue weighted by molar-refractivity contribution is 0.0474. The smallest absolute Gasteiger partial charge is 0.338 e. The van der Waals surface area contributed by atoms with Gasteiger partial charge in [0.25, 0.3) is 0 Å². The number of ether oxygens (including phenoxy) is 1. The summed E-state index contributed by atoms with van der Waals surface area (Å²) in [4.78, 5) is 24.5. The van der Waals surface area contributed by atoms with Crippen LogP contribution < -0.4 is 0 Å². The Labute approximate surface area is 153 Å². The summed E-state index contributed by atoms with van der Waals surface area (Å²) >= 11 is 0. The molecule has 0 saturated heterocycles. The first-order valence-corrected chi connectivity index (χ1v) is 8.74. The number of nitriles is 1. The number of carbonyl (C=O) groups is 2. The van der Waals surface area contributed by atoms with E-state index in [1.54, 1.807) is 30.3 Å². The highest BCUT2D eigenvalue weighted by molar-refractivity contribution is 5.99. The van der Waals surface area contributed by atoms with Gasteiger partial charge in [0.05, 0.1) is 17.0 Å². The van der Waals surface area contributed by atoms with Gasteiger partial charge < -0.3 is 4.74 Å². The Bertz CT molecular complexity index is 889. The normalized spacial score (nSPS) is 13.0. The molecule has 0 saturated carbocycles. The average molecular weight is 347 g/mol. The average Bonchev–Trinajstić information content (AvgIpc) is 3.13. The second-order valence-corrected chi connectivity index (χ2v) is 7.15. The highest BCUT2D eigenvalue weighted by Gasteiger charge is 2.20. The molecule has 132 valence electrons. The number of fused-ring (bicyclic) bond motifs is 1. The Morgan fingerprint density at radius 1 is 1.04 bits per heavy atom. The van der Waals surface area contributed by atoms with Crippen molar-refractivity contribution >= 4 is 11.8 Å². The number of hydrogen-bond acceptors (Lipinski definition) is 4. The van der Waals surface area contributed by atoms with Crippen molar-refractivity contribution in [3.63, 3.8) is 0 Å². The largest absolute Gasteiger partial charge is 0.454 e. The molecule has 0 radical (unpaired) electrons. The van der Waals surface area contributed by atoms with Gasteiger partial charge in [-0.25, -0.2) is 4.79 Å². The highest BCUT2D eigenvalue weighted by Crippen LogP contribution is 2.24. The standard InChI is InChI=1S/C22H21NO3/c1-22(2,14-23)19-10-8-16(9-11-19)21(25)26-13-20(24)18-7-6-15-4-3-5-17(15)12-18/h6-12H,3-5,13H2,1-2H3. The summed E-state index contributed by atoms with van der Waals surface area (Å²) < 4.78 is 5.16. The Balaban J connectivity index is 1.62. The molecule has 0 spiro atoms. The molecule has 1 aliphatic rings. The molecule has 2 aromatic rings. The number of Topliss-reactive ketones (excluding diaryl/α,β-unsaturated/α-hetero) is 1. The molecule has 2 aromatic carbocycles. The minimum Gasteiger partial charge on any atom is -0.454 e. The highest BCUT2D eigenvalue weighted by atomic mass is 16.5. The lowest BCUT2D eigenvalue weighted by Crippen LogP contribution is -2.16. The van der Waals surface area contributed by atoms with Gasteiger partial charge in [-0.3, -0.25) is 4.79 Å². The van der Waals surface area contributed by atoms with E-state index in [0.29, 0.717) is 11.1 Å². The number of hydrogen-bond donors (Lipinski definition) is 0. The lowest BCUT2D eigenvalue weighted by Gasteiger charge is -2.15. The molecule has 0 aliphatic heterocycles. The van der Waals surface area contributed by atoms with Crippen molar-refractivity contribution in [2.24, 2.45) is 0 Å². The van der Waals surface area contributed by atoms with Crippen molar-refractivity contribution < 1.29 is 14.3 Å². The van der Waals surface area contributed by atoms with Crippen LogP contribution in [0.4, 0.5) is 0 Å². The van der Waals surface area contributed by atoms with E-state index < -0.39 is 11.4 Å². The van der Waals surface area contributed by atoms with Gasteiger partial charge >= 0.3 is 5.97 Å². The summed E-state index contributed by atoms with van der Waals surface area (Å²) in [5.74, 6) is -0.740. The number of ketones is 1. The molecule has 0 fully saturated rings. The van der Waals surface area contributed by atoms with Gasteiger partial charge in [0.15, 0.2) is 12.4 Å². The second-order valence-electron chi connectivity index (χ2n) is 7.15. The minimum atomic E-state index is -0.619. The Hall–Kier alpha value is -2.93. The van der Waals surface area contributed by atoms with Crippen LogP contribution in [-0.2, 0) is 23.0 Å². The van der Waals surface area contributed by atoms with E-state index in [-0.39, 0.29) is 12.4 Å². The molecule has 0 unspecified atom stereocenters. The molecule has 0 amide bonds. The van der Waals surface area contributed by atoms with E-state index in [0.717, 1.165) is 24.8 Å².